The van der Waals surface area contributed by atoms with E-state index in [1.165, 1.54) is 6.42 Å². The van der Waals surface area contributed by atoms with Crippen LogP contribution in [0.4, 0.5) is 13.6 Å². The third-order valence-electron chi connectivity index (χ3n) is 3.63. The number of hydrogen-bond acceptors (Lipinski definition) is 1. The van der Waals surface area contributed by atoms with E-state index in [4.69, 9.17) is 0 Å². The van der Waals surface area contributed by atoms with Crippen molar-refractivity contribution in [2.75, 3.05) is 6.54 Å². The van der Waals surface area contributed by atoms with Crippen molar-refractivity contribution in [2.45, 2.75) is 44.6 Å². The number of carbonyl (C=O) groups is 1. The predicted octanol–water partition coefficient (Wildman–Crippen LogP) is 3.14. The normalized spacial score (nSPS) is 15.9. The number of rotatable bonds is 4. The highest BCUT2D eigenvalue weighted by atomic mass is 19.1. The Labute approximate surface area is 117 Å². The summed E-state index contributed by atoms with van der Waals surface area (Å²) < 4.78 is 26.3. The summed E-state index contributed by atoms with van der Waals surface area (Å²) in [5, 5.41) is 5.60. The van der Waals surface area contributed by atoms with Crippen LogP contribution < -0.4 is 10.6 Å². The van der Waals surface area contributed by atoms with E-state index in [0.717, 1.165) is 43.9 Å². The van der Waals surface area contributed by atoms with Gasteiger partial charge in [0.1, 0.15) is 11.6 Å². The first kappa shape index (κ1) is 14.8. The van der Waals surface area contributed by atoms with Crippen LogP contribution in [0.3, 0.4) is 0 Å². The van der Waals surface area contributed by atoms with Crippen molar-refractivity contribution >= 4 is 6.03 Å². The quantitative estimate of drug-likeness (QED) is 0.875. The molecule has 0 radical (unpaired) electrons. The van der Waals surface area contributed by atoms with Gasteiger partial charge in [-0.2, -0.15) is 0 Å². The molecule has 0 bridgehead atoms. The van der Waals surface area contributed by atoms with Crippen LogP contribution in [-0.2, 0) is 6.42 Å². The van der Waals surface area contributed by atoms with Gasteiger partial charge < -0.3 is 10.6 Å². The highest BCUT2D eigenvalue weighted by molar-refractivity contribution is 5.74. The number of hydrogen-bond donors (Lipinski definition) is 2. The molecule has 0 spiro atoms. The second kappa shape index (κ2) is 7.22. The van der Waals surface area contributed by atoms with Gasteiger partial charge in [0, 0.05) is 12.6 Å². The smallest absolute Gasteiger partial charge is 0.315 e. The van der Waals surface area contributed by atoms with Crippen molar-refractivity contribution in [1.82, 2.24) is 10.6 Å². The minimum atomic E-state index is -0.465. The molecule has 2 N–H and O–H groups in total. The van der Waals surface area contributed by atoms with Crippen molar-refractivity contribution in [2.24, 2.45) is 0 Å². The number of amides is 2. The third-order valence-corrected chi connectivity index (χ3v) is 3.63. The van der Waals surface area contributed by atoms with E-state index >= 15 is 0 Å². The standard InChI is InChI=1S/C15H20F2N2O/c16-12-6-7-14(17)11(10-12)8-9-18-15(20)19-13-4-2-1-3-5-13/h6-7,10,13H,1-5,8-9H2,(H2,18,19,20). The topological polar surface area (TPSA) is 41.1 Å². The Balaban J connectivity index is 1.72. The second-order valence-electron chi connectivity index (χ2n) is 5.22. The highest BCUT2D eigenvalue weighted by Gasteiger charge is 2.15. The van der Waals surface area contributed by atoms with Crippen molar-refractivity contribution in [3.8, 4) is 0 Å². The summed E-state index contributed by atoms with van der Waals surface area (Å²) in [5.41, 5.74) is 0.281. The Morgan fingerprint density at radius 3 is 2.70 bits per heavy atom. The summed E-state index contributed by atoms with van der Waals surface area (Å²) in [7, 11) is 0. The summed E-state index contributed by atoms with van der Waals surface area (Å²) in [4.78, 5) is 11.7. The molecule has 1 saturated carbocycles. The van der Waals surface area contributed by atoms with E-state index in [9.17, 15) is 13.6 Å². The zero-order valence-corrected chi connectivity index (χ0v) is 11.4. The fourth-order valence-corrected chi connectivity index (χ4v) is 2.53. The van der Waals surface area contributed by atoms with E-state index in [2.05, 4.69) is 10.6 Å². The molecule has 1 aliphatic rings. The Hall–Kier alpha value is -1.65. The summed E-state index contributed by atoms with van der Waals surface area (Å²) >= 11 is 0. The molecule has 5 heteroatoms. The van der Waals surface area contributed by atoms with Crippen LogP contribution in [0.15, 0.2) is 18.2 Å². The van der Waals surface area contributed by atoms with Crippen LogP contribution in [-0.4, -0.2) is 18.6 Å². The van der Waals surface area contributed by atoms with Gasteiger partial charge in [0.05, 0.1) is 0 Å². The zero-order valence-electron chi connectivity index (χ0n) is 11.4. The number of benzene rings is 1. The molecule has 2 amide bonds. The molecule has 2 rings (SSSR count). The molecule has 20 heavy (non-hydrogen) atoms. The summed E-state index contributed by atoms with van der Waals surface area (Å²) in [6.45, 7) is 0.291. The van der Waals surface area contributed by atoms with Crippen LogP contribution in [0.1, 0.15) is 37.7 Å². The van der Waals surface area contributed by atoms with Crippen molar-refractivity contribution in [3.63, 3.8) is 0 Å². The van der Waals surface area contributed by atoms with E-state index in [1.54, 1.807) is 0 Å². The molecule has 3 nitrogen and oxygen atoms in total. The van der Waals surface area contributed by atoms with Gasteiger partial charge in [-0.3, -0.25) is 0 Å². The van der Waals surface area contributed by atoms with Crippen LogP contribution >= 0.6 is 0 Å². The number of urea groups is 1. The number of carbonyl (C=O) groups excluding carboxylic acids is 1. The second-order valence-corrected chi connectivity index (χ2v) is 5.22. The molecule has 0 unspecified atom stereocenters. The van der Waals surface area contributed by atoms with Crippen molar-refractivity contribution < 1.29 is 13.6 Å². The molecule has 0 heterocycles. The first-order valence-corrected chi connectivity index (χ1v) is 7.13. The largest absolute Gasteiger partial charge is 0.338 e. The lowest BCUT2D eigenvalue weighted by Gasteiger charge is -2.22. The zero-order chi connectivity index (χ0) is 14.4. The van der Waals surface area contributed by atoms with Gasteiger partial charge in [-0.1, -0.05) is 19.3 Å². The molecule has 0 atom stereocenters. The third kappa shape index (κ3) is 4.47. The van der Waals surface area contributed by atoms with Crippen LogP contribution in [0.25, 0.3) is 0 Å². The molecular weight excluding hydrogens is 262 g/mol. The van der Waals surface area contributed by atoms with Gasteiger partial charge in [0.25, 0.3) is 0 Å². The molecular formula is C15H20F2N2O. The summed E-state index contributed by atoms with van der Waals surface area (Å²) in [6, 6.07) is 3.37. The minimum Gasteiger partial charge on any atom is -0.338 e. The molecule has 0 saturated heterocycles. The lowest BCUT2D eigenvalue weighted by atomic mass is 9.96. The molecule has 1 aliphatic carbocycles. The van der Waals surface area contributed by atoms with Crippen LogP contribution in [0.5, 0.6) is 0 Å². The molecule has 0 aliphatic heterocycles. The maximum Gasteiger partial charge on any atom is 0.315 e. The Morgan fingerprint density at radius 1 is 1.20 bits per heavy atom. The van der Waals surface area contributed by atoms with Crippen LogP contribution in [0, 0.1) is 11.6 Å². The fraction of sp³-hybridized carbons (Fsp3) is 0.533. The maximum atomic E-state index is 13.4. The minimum absolute atomic E-state index is 0.228. The van der Waals surface area contributed by atoms with Gasteiger partial charge in [-0.05, 0) is 43.0 Å². The fourth-order valence-electron chi connectivity index (χ4n) is 2.53. The van der Waals surface area contributed by atoms with Gasteiger partial charge in [-0.25, -0.2) is 13.6 Å². The van der Waals surface area contributed by atoms with E-state index in [0.29, 0.717) is 6.54 Å². The number of halogens is 2. The van der Waals surface area contributed by atoms with E-state index in [-0.39, 0.29) is 24.1 Å². The Bertz CT molecular complexity index is 459. The van der Waals surface area contributed by atoms with E-state index in [1.807, 2.05) is 0 Å². The molecule has 1 aromatic carbocycles. The number of nitrogens with one attached hydrogen (secondary N) is 2. The molecule has 0 aromatic heterocycles. The first-order chi connectivity index (χ1) is 9.65. The predicted molar refractivity (Wildman–Crippen MR) is 73.5 cm³/mol. The Morgan fingerprint density at radius 2 is 1.95 bits per heavy atom. The van der Waals surface area contributed by atoms with Crippen molar-refractivity contribution in [1.29, 1.82) is 0 Å². The Kier molecular flexibility index (Phi) is 5.32. The molecule has 110 valence electrons. The highest BCUT2D eigenvalue weighted by Crippen LogP contribution is 2.17. The van der Waals surface area contributed by atoms with Crippen molar-refractivity contribution in [3.05, 3.63) is 35.4 Å². The summed E-state index contributed by atoms with van der Waals surface area (Å²) in [6.07, 6.45) is 5.86. The molecule has 1 aromatic rings. The van der Waals surface area contributed by atoms with Crippen LogP contribution in [0.2, 0.25) is 0 Å². The lowest BCUT2D eigenvalue weighted by Crippen LogP contribution is -2.43. The maximum absolute atomic E-state index is 13.4. The monoisotopic (exact) mass is 282 g/mol. The lowest BCUT2D eigenvalue weighted by molar-refractivity contribution is 0.233. The van der Waals surface area contributed by atoms with Gasteiger partial charge in [-0.15, -0.1) is 0 Å². The summed E-state index contributed by atoms with van der Waals surface area (Å²) in [5.74, 6) is -0.908. The molecule has 1 fully saturated rings. The van der Waals surface area contributed by atoms with Gasteiger partial charge >= 0.3 is 6.03 Å². The van der Waals surface area contributed by atoms with Gasteiger partial charge in [0.2, 0.25) is 0 Å². The average Bonchev–Trinajstić information content (AvgIpc) is 2.44. The SMILES string of the molecule is O=C(NCCc1cc(F)ccc1F)NC1CCCCC1. The van der Waals surface area contributed by atoms with Gasteiger partial charge in [0.15, 0.2) is 0 Å². The first-order valence-electron chi connectivity index (χ1n) is 7.13. The average molecular weight is 282 g/mol. The van der Waals surface area contributed by atoms with E-state index < -0.39 is 11.6 Å².